The fraction of sp³-hybridized carbons (Fsp3) is 0.586. The molecule has 3 aliphatic heterocycles. The van der Waals surface area contributed by atoms with Crippen molar-refractivity contribution in [3.05, 3.63) is 35.4 Å². The summed E-state index contributed by atoms with van der Waals surface area (Å²) in [5.41, 5.74) is 1.05. The second-order valence-corrected chi connectivity index (χ2v) is 11.4. The van der Waals surface area contributed by atoms with E-state index in [9.17, 15) is 19.2 Å². The number of allylic oxidation sites excluding steroid dienone is 1. The Balaban J connectivity index is 1.61. The van der Waals surface area contributed by atoms with Crippen LogP contribution in [-0.4, -0.2) is 86.0 Å². The molecule has 3 heterocycles. The fourth-order valence-corrected chi connectivity index (χ4v) is 5.23. The van der Waals surface area contributed by atoms with Crippen molar-refractivity contribution >= 4 is 24.1 Å². The molecule has 1 unspecified atom stereocenters. The van der Waals surface area contributed by atoms with Crippen LogP contribution >= 0.6 is 0 Å². The van der Waals surface area contributed by atoms with Crippen LogP contribution in [0, 0.1) is 5.41 Å². The molecular weight excluding hydrogens is 534 g/mol. The quantitative estimate of drug-likeness (QED) is 0.322. The molecule has 41 heavy (non-hydrogen) atoms. The highest BCUT2D eigenvalue weighted by Crippen LogP contribution is 2.39. The lowest BCUT2D eigenvalue weighted by atomic mass is 9.85. The summed E-state index contributed by atoms with van der Waals surface area (Å²) in [5, 5.41) is 2.67. The van der Waals surface area contributed by atoms with Gasteiger partial charge in [0.15, 0.2) is 11.5 Å². The van der Waals surface area contributed by atoms with Gasteiger partial charge >= 0.3 is 18.2 Å². The predicted octanol–water partition coefficient (Wildman–Crippen LogP) is 3.16. The van der Waals surface area contributed by atoms with E-state index in [0.29, 0.717) is 37.5 Å². The number of hydrogen-bond donors (Lipinski definition) is 1. The van der Waals surface area contributed by atoms with Crippen LogP contribution in [0.3, 0.4) is 0 Å². The SMILES string of the molecule is COC(=O)C1C[C@@H]2CN1C(=O)[C@H](C(C)(C)C)NC(=O)OCCC/C=C/COc1c(OC)ccc3c1CN(C3)C(=O)O2. The zero-order valence-corrected chi connectivity index (χ0v) is 24.3. The summed E-state index contributed by atoms with van der Waals surface area (Å²) >= 11 is 0. The first-order valence-corrected chi connectivity index (χ1v) is 13.8. The van der Waals surface area contributed by atoms with Gasteiger partial charge in [-0.05, 0) is 29.9 Å². The summed E-state index contributed by atoms with van der Waals surface area (Å²) in [6.07, 6.45) is 3.05. The lowest BCUT2D eigenvalue weighted by Gasteiger charge is -2.34. The molecular formula is C29H39N3O9. The highest BCUT2D eigenvalue weighted by Gasteiger charge is 2.47. The molecule has 1 saturated heterocycles. The summed E-state index contributed by atoms with van der Waals surface area (Å²) in [7, 11) is 2.80. The summed E-state index contributed by atoms with van der Waals surface area (Å²) in [6, 6.07) is 1.73. The maximum absolute atomic E-state index is 13.8. The molecule has 0 spiro atoms. The smallest absolute Gasteiger partial charge is 0.410 e. The van der Waals surface area contributed by atoms with E-state index in [2.05, 4.69) is 5.32 Å². The predicted molar refractivity (Wildman–Crippen MR) is 146 cm³/mol. The van der Waals surface area contributed by atoms with Gasteiger partial charge in [0.1, 0.15) is 24.8 Å². The number of fused-ring (bicyclic) bond motifs is 3. The molecule has 0 aromatic heterocycles. The second-order valence-electron chi connectivity index (χ2n) is 11.4. The van der Waals surface area contributed by atoms with Gasteiger partial charge in [0.25, 0.3) is 0 Å². The number of ether oxygens (including phenoxy) is 5. The van der Waals surface area contributed by atoms with E-state index in [4.69, 9.17) is 23.7 Å². The minimum Gasteiger partial charge on any atom is -0.493 e. The maximum Gasteiger partial charge on any atom is 0.410 e. The number of carbonyl (C=O) groups is 4. The lowest BCUT2D eigenvalue weighted by Crippen LogP contribution is -2.57. The summed E-state index contributed by atoms with van der Waals surface area (Å²) in [4.78, 5) is 55.2. The van der Waals surface area contributed by atoms with Crippen LogP contribution in [0.25, 0.3) is 0 Å². The first-order valence-electron chi connectivity index (χ1n) is 13.8. The molecule has 1 aromatic carbocycles. The Hall–Kier alpha value is -3.96. The minimum absolute atomic E-state index is 0.0255. The number of esters is 1. The first-order chi connectivity index (χ1) is 19.5. The van der Waals surface area contributed by atoms with Crippen molar-refractivity contribution in [3.8, 4) is 11.5 Å². The molecule has 4 rings (SSSR count). The molecule has 0 radical (unpaired) electrons. The molecule has 3 amide bonds. The Morgan fingerprint density at radius 1 is 1.07 bits per heavy atom. The molecule has 1 fully saturated rings. The van der Waals surface area contributed by atoms with Gasteiger partial charge in [0.2, 0.25) is 5.91 Å². The van der Waals surface area contributed by atoms with Crippen molar-refractivity contribution in [1.29, 1.82) is 0 Å². The van der Waals surface area contributed by atoms with Crippen molar-refractivity contribution < 1.29 is 42.9 Å². The van der Waals surface area contributed by atoms with Crippen LogP contribution in [0.15, 0.2) is 24.3 Å². The van der Waals surface area contributed by atoms with Crippen LogP contribution < -0.4 is 14.8 Å². The van der Waals surface area contributed by atoms with Crippen molar-refractivity contribution in [2.45, 2.75) is 71.3 Å². The normalized spacial score (nSPS) is 24.8. The van der Waals surface area contributed by atoms with Gasteiger partial charge in [-0.15, -0.1) is 0 Å². The number of carbonyl (C=O) groups excluding carboxylic acids is 4. The fourth-order valence-electron chi connectivity index (χ4n) is 5.23. The van der Waals surface area contributed by atoms with Gasteiger partial charge in [-0.2, -0.15) is 0 Å². The van der Waals surface area contributed by atoms with E-state index in [-0.39, 0.29) is 26.1 Å². The molecule has 4 bridgehead atoms. The molecule has 12 nitrogen and oxygen atoms in total. The number of alkyl carbamates (subject to hydrolysis) is 1. The van der Waals surface area contributed by atoms with Gasteiger partial charge in [0, 0.05) is 18.5 Å². The number of cyclic esters (lactones) is 1. The zero-order valence-electron chi connectivity index (χ0n) is 24.3. The summed E-state index contributed by atoms with van der Waals surface area (Å²) in [6.45, 7) is 6.42. The van der Waals surface area contributed by atoms with Gasteiger partial charge in [-0.25, -0.2) is 14.4 Å². The first kappa shape index (κ1) is 30.0. The van der Waals surface area contributed by atoms with Crippen molar-refractivity contribution in [1.82, 2.24) is 15.1 Å². The van der Waals surface area contributed by atoms with Crippen LogP contribution in [0.4, 0.5) is 9.59 Å². The number of amides is 3. The lowest BCUT2D eigenvalue weighted by molar-refractivity contribution is -0.152. The Morgan fingerprint density at radius 3 is 2.56 bits per heavy atom. The Labute approximate surface area is 239 Å². The standard InChI is InChI=1S/C29H39N3O9/c1-29(2,3)24-25(33)32-16-19(14-21(32)26(34)38-5)41-28(36)31-15-18-10-11-22(37-4)23(20(18)17-31)39-12-8-6-7-9-13-40-27(35)30-24/h6,8,10-11,19,21,24H,7,9,12-17H2,1-5H3,(H,30,35)/b8-6+/t19-,21?,24-/m1/s1. The van der Waals surface area contributed by atoms with Gasteiger partial charge in [-0.3, -0.25) is 9.69 Å². The maximum atomic E-state index is 13.8. The third kappa shape index (κ3) is 6.86. The van der Waals surface area contributed by atoms with E-state index in [1.165, 1.54) is 12.0 Å². The molecule has 0 aliphatic carbocycles. The van der Waals surface area contributed by atoms with E-state index in [0.717, 1.165) is 11.1 Å². The van der Waals surface area contributed by atoms with Crippen LogP contribution in [0.2, 0.25) is 0 Å². The van der Waals surface area contributed by atoms with E-state index in [1.54, 1.807) is 38.8 Å². The van der Waals surface area contributed by atoms with Gasteiger partial charge in [-0.1, -0.05) is 39.0 Å². The highest BCUT2D eigenvalue weighted by molar-refractivity contribution is 5.91. The van der Waals surface area contributed by atoms with E-state index in [1.807, 2.05) is 18.2 Å². The number of nitrogens with one attached hydrogen (secondary N) is 1. The van der Waals surface area contributed by atoms with Gasteiger partial charge in [0.05, 0.1) is 33.9 Å². The van der Waals surface area contributed by atoms with Crippen LogP contribution in [0.5, 0.6) is 11.5 Å². The van der Waals surface area contributed by atoms with Crippen LogP contribution in [-0.2, 0) is 36.9 Å². The Morgan fingerprint density at radius 2 is 1.85 bits per heavy atom. The zero-order chi connectivity index (χ0) is 29.7. The third-order valence-corrected chi connectivity index (χ3v) is 7.41. The van der Waals surface area contributed by atoms with Crippen molar-refractivity contribution in [2.75, 3.05) is 34.0 Å². The monoisotopic (exact) mass is 573 g/mol. The minimum atomic E-state index is -0.996. The summed E-state index contributed by atoms with van der Waals surface area (Å²) < 4.78 is 27.6. The molecule has 12 heteroatoms. The Kier molecular flexibility index (Phi) is 9.29. The van der Waals surface area contributed by atoms with Crippen molar-refractivity contribution in [3.63, 3.8) is 0 Å². The molecule has 3 aliphatic rings. The average Bonchev–Trinajstić information content (AvgIpc) is 3.56. The summed E-state index contributed by atoms with van der Waals surface area (Å²) in [5.74, 6) is 0.00805. The van der Waals surface area contributed by atoms with E-state index >= 15 is 0 Å². The molecule has 1 aromatic rings. The third-order valence-electron chi connectivity index (χ3n) is 7.41. The van der Waals surface area contributed by atoms with Crippen molar-refractivity contribution in [2.24, 2.45) is 5.41 Å². The topological polar surface area (TPSA) is 133 Å². The number of benzene rings is 1. The second kappa shape index (κ2) is 12.7. The Bertz CT molecular complexity index is 1190. The average molecular weight is 574 g/mol. The number of methoxy groups -OCH3 is 2. The molecule has 0 saturated carbocycles. The van der Waals surface area contributed by atoms with E-state index < -0.39 is 47.7 Å². The molecule has 1 N–H and O–H groups in total. The van der Waals surface area contributed by atoms with Crippen LogP contribution in [0.1, 0.15) is 51.2 Å². The molecule has 224 valence electrons. The number of nitrogens with zero attached hydrogens (tertiary/aromatic N) is 2. The highest BCUT2D eigenvalue weighted by atomic mass is 16.6. The molecule has 3 atom stereocenters. The largest absolute Gasteiger partial charge is 0.493 e. The number of hydrogen-bond acceptors (Lipinski definition) is 9. The van der Waals surface area contributed by atoms with Gasteiger partial charge < -0.3 is 33.9 Å². The number of rotatable bonds is 2.